The third kappa shape index (κ3) is 3.67. The molecule has 0 radical (unpaired) electrons. The zero-order valence-electron chi connectivity index (χ0n) is 15.7. The third-order valence-electron chi connectivity index (χ3n) is 4.53. The van der Waals surface area contributed by atoms with Crippen molar-refractivity contribution in [2.24, 2.45) is 0 Å². The zero-order valence-corrected chi connectivity index (χ0v) is 18.0. The van der Waals surface area contributed by atoms with Gasteiger partial charge < -0.3 is 15.6 Å². The molecule has 4 rings (SSSR count). The fourth-order valence-corrected chi connectivity index (χ4v) is 4.49. The fourth-order valence-electron chi connectivity index (χ4n) is 3.11. The lowest BCUT2D eigenvalue weighted by Crippen LogP contribution is -1.98. The molecule has 0 spiro atoms. The third-order valence-corrected chi connectivity index (χ3v) is 6.17. The standard InChI is InChI=1S/C20H16Cl2FN5OS/c1-10-26-18(19-20(24)25-5-6-28(10)19)13-3-2-4-14(17(13)23)27-30-15-8-12(21)7-11(9-29)16(15)22/h2-8,27,29H,9H2,1H3,(H2,24,25). The van der Waals surface area contributed by atoms with E-state index < -0.39 is 5.82 Å². The number of nitrogen functional groups attached to an aromatic ring is 1. The van der Waals surface area contributed by atoms with Crippen LogP contribution >= 0.6 is 35.1 Å². The van der Waals surface area contributed by atoms with Crippen LogP contribution in [0.4, 0.5) is 15.9 Å². The number of hydrogen-bond acceptors (Lipinski definition) is 6. The molecule has 2 aromatic carbocycles. The molecule has 30 heavy (non-hydrogen) atoms. The van der Waals surface area contributed by atoms with E-state index in [0.717, 1.165) is 11.9 Å². The molecule has 0 aliphatic carbocycles. The Hall–Kier alpha value is -2.52. The Morgan fingerprint density at radius 2 is 2.10 bits per heavy atom. The molecule has 0 atom stereocenters. The number of nitrogens with one attached hydrogen (secondary N) is 1. The molecule has 0 fully saturated rings. The molecule has 0 bridgehead atoms. The van der Waals surface area contributed by atoms with Gasteiger partial charge in [-0.05, 0) is 48.7 Å². The Labute approximate surface area is 186 Å². The molecule has 4 aromatic rings. The van der Waals surface area contributed by atoms with Gasteiger partial charge in [-0.3, -0.25) is 4.40 Å². The summed E-state index contributed by atoms with van der Waals surface area (Å²) in [7, 11) is 0. The molecule has 0 aliphatic heterocycles. The number of halogens is 3. The van der Waals surface area contributed by atoms with E-state index in [4.69, 9.17) is 28.9 Å². The summed E-state index contributed by atoms with van der Waals surface area (Å²) in [6.45, 7) is 1.56. The number of anilines is 2. The van der Waals surface area contributed by atoms with Gasteiger partial charge in [-0.25, -0.2) is 14.4 Å². The average molecular weight is 464 g/mol. The number of aromatic nitrogens is 3. The highest BCUT2D eigenvalue weighted by Gasteiger charge is 2.19. The van der Waals surface area contributed by atoms with Crippen molar-refractivity contribution in [1.29, 1.82) is 0 Å². The van der Waals surface area contributed by atoms with Crippen molar-refractivity contribution in [2.75, 3.05) is 10.5 Å². The number of benzene rings is 2. The number of nitrogens with zero attached hydrogens (tertiary/aromatic N) is 3. The van der Waals surface area contributed by atoms with Gasteiger partial charge in [0.2, 0.25) is 0 Å². The van der Waals surface area contributed by atoms with Crippen LogP contribution in [0.3, 0.4) is 0 Å². The van der Waals surface area contributed by atoms with Crippen LogP contribution in [-0.4, -0.2) is 19.5 Å². The van der Waals surface area contributed by atoms with Gasteiger partial charge in [0.15, 0.2) is 5.82 Å². The van der Waals surface area contributed by atoms with Gasteiger partial charge in [0.1, 0.15) is 22.9 Å². The van der Waals surface area contributed by atoms with E-state index in [1.165, 1.54) is 0 Å². The van der Waals surface area contributed by atoms with Crippen molar-refractivity contribution in [1.82, 2.24) is 14.4 Å². The van der Waals surface area contributed by atoms with Crippen molar-refractivity contribution in [3.05, 3.63) is 70.0 Å². The van der Waals surface area contributed by atoms with Crippen molar-refractivity contribution in [3.63, 3.8) is 0 Å². The quantitative estimate of drug-likeness (QED) is 0.346. The van der Waals surface area contributed by atoms with E-state index in [-0.39, 0.29) is 18.1 Å². The highest BCUT2D eigenvalue weighted by molar-refractivity contribution is 8.00. The van der Waals surface area contributed by atoms with Gasteiger partial charge in [0.05, 0.1) is 17.3 Å². The van der Waals surface area contributed by atoms with Gasteiger partial charge >= 0.3 is 0 Å². The summed E-state index contributed by atoms with van der Waals surface area (Å²) in [6.07, 6.45) is 3.30. The van der Waals surface area contributed by atoms with Gasteiger partial charge in [-0.2, -0.15) is 0 Å². The number of imidazole rings is 1. The van der Waals surface area contributed by atoms with Crippen LogP contribution in [0.1, 0.15) is 11.4 Å². The Morgan fingerprint density at radius 3 is 2.87 bits per heavy atom. The maximum Gasteiger partial charge on any atom is 0.156 e. The second-order valence-electron chi connectivity index (χ2n) is 6.45. The first-order valence-electron chi connectivity index (χ1n) is 8.80. The first-order valence-corrected chi connectivity index (χ1v) is 10.4. The fraction of sp³-hybridized carbons (Fsp3) is 0.100. The van der Waals surface area contributed by atoms with Gasteiger partial charge in [-0.1, -0.05) is 29.3 Å². The topological polar surface area (TPSA) is 88.5 Å². The number of nitrogens with two attached hydrogens (primary N) is 1. The largest absolute Gasteiger partial charge is 0.392 e. The van der Waals surface area contributed by atoms with E-state index in [9.17, 15) is 5.11 Å². The number of aliphatic hydroxyl groups excluding tert-OH is 1. The second-order valence-corrected chi connectivity index (χ2v) is 8.11. The lowest BCUT2D eigenvalue weighted by atomic mass is 10.1. The summed E-state index contributed by atoms with van der Waals surface area (Å²) >= 11 is 13.5. The van der Waals surface area contributed by atoms with Crippen molar-refractivity contribution >= 4 is 52.2 Å². The minimum Gasteiger partial charge on any atom is -0.392 e. The first-order chi connectivity index (χ1) is 14.4. The predicted octanol–water partition coefficient (Wildman–Crippen LogP) is 5.34. The molecule has 2 aromatic heterocycles. The normalized spacial score (nSPS) is 11.2. The van der Waals surface area contributed by atoms with E-state index in [2.05, 4.69) is 14.7 Å². The van der Waals surface area contributed by atoms with Gasteiger partial charge in [0, 0.05) is 27.9 Å². The van der Waals surface area contributed by atoms with E-state index in [0.29, 0.717) is 43.1 Å². The lowest BCUT2D eigenvalue weighted by Gasteiger charge is -2.12. The summed E-state index contributed by atoms with van der Waals surface area (Å²) in [5.74, 6) is 0.444. The molecule has 6 nitrogen and oxygen atoms in total. The SMILES string of the molecule is Cc1nc(-c2cccc(NSc3cc(Cl)cc(CO)c3Cl)c2F)c2c(N)nccn12. The highest BCUT2D eigenvalue weighted by atomic mass is 35.5. The van der Waals surface area contributed by atoms with Crippen LogP contribution in [0.25, 0.3) is 16.8 Å². The minimum atomic E-state index is -0.492. The Kier molecular flexibility index (Phi) is 5.75. The average Bonchev–Trinajstić information content (AvgIpc) is 3.07. The number of hydrogen-bond donors (Lipinski definition) is 3. The van der Waals surface area contributed by atoms with Crippen LogP contribution < -0.4 is 10.5 Å². The Morgan fingerprint density at radius 1 is 1.30 bits per heavy atom. The molecule has 0 unspecified atom stereocenters. The van der Waals surface area contributed by atoms with Gasteiger partial charge in [-0.15, -0.1) is 0 Å². The highest BCUT2D eigenvalue weighted by Crippen LogP contribution is 2.37. The summed E-state index contributed by atoms with van der Waals surface area (Å²) in [4.78, 5) is 9.15. The number of rotatable bonds is 5. The van der Waals surface area contributed by atoms with E-state index >= 15 is 4.39 Å². The number of fused-ring (bicyclic) bond motifs is 1. The second kappa shape index (κ2) is 8.31. The van der Waals surface area contributed by atoms with Crippen LogP contribution in [0.2, 0.25) is 10.0 Å². The molecule has 2 heterocycles. The van der Waals surface area contributed by atoms with Crippen LogP contribution in [-0.2, 0) is 6.61 Å². The lowest BCUT2D eigenvalue weighted by molar-refractivity contribution is 0.281. The molecular weight excluding hydrogens is 448 g/mol. The van der Waals surface area contributed by atoms with Gasteiger partial charge in [0.25, 0.3) is 0 Å². The molecule has 10 heteroatoms. The minimum absolute atomic E-state index is 0.236. The van der Waals surface area contributed by atoms with Crippen molar-refractivity contribution in [2.45, 2.75) is 18.4 Å². The van der Waals surface area contributed by atoms with E-state index in [1.807, 2.05) is 6.92 Å². The molecule has 0 amide bonds. The van der Waals surface area contributed by atoms with Crippen molar-refractivity contribution < 1.29 is 9.50 Å². The summed E-state index contributed by atoms with van der Waals surface area (Å²) in [6, 6.07) is 8.17. The first kappa shape index (κ1) is 20.7. The number of aliphatic hydroxyl groups is 1. The molecule has 0 saturated carbocycles. The monoisotopic (exact) mass is 463 g/mol. The van der Waals surface area contributed by atoms with Crippen LogP contribution in [0.5, 0.6) is 0 Å². The molecular formula is C20H16Cl2FN5OS. The zero-order chi connectivity index (χ0) is 21.4. The summed E-state index contributed by atoms with van der Waals surface area (Å²) in [5, 5.41) is 10.2. The Balaban J connectivity index is 1.71. The van der Waals surface area contributed by atoms with Crippen LogP contribution in [0.15, 0.2) is 47.6 Å². The molecule has 0 aliphatic rings. The summed E-state index contributed by atoms with van der Waals surface area (Å²) < 4.78 is 20.1. The summed E-state index contributed by atoms with van der Waals surface area (Å²) in [5.41, 5.74) is 8.00. The smallest absolute Gasteiger partial charge is 0.156 e. The predicted molar refractivity (Wildman–Crippen MR) is 119 cm³/mol. The Bertz CT molecular complexity index is 1260. The maximum absolute atomic E-state index is 15.4. The molecule has 0 saturated heterocycles. The maximum atomic E-state index is 15.4. The molecule has 4 N–H and O–H groups in total. The van der Waals surface area contributed by atoms with Crippen molar-refractivity contribution in [3.8, 4) is 11.3 Å². The molecule has 154 valence electrons. The van der Waals surface area contributed by atoms with E-state index in [1.54, 1.807) is 47.1 Å². The van der Waals surface area contributed by atoms with Crippen LogP contribution in [0, 0.1) is 12.7 Å². The number of aryl methyl sites for hydroxylation is 1.